The number of anilines is 1. The van der Waals surface area contributed by atoms with E-state index in [9.17, 15) is 13.2 Å². The molecule has 1 atom stereocenters. The maximum atomic E-state index is 12.8. The maximum absolute atomic E-state index is 12.8. The molecular weight excluding hydrogens is 410 g/mol. The van der Waals surface area contributed by atoms with E-state index >= 15 is 0 Å². The van der Waals surface area contributed by atoms with Crippen LogP contribution in [0.25, 0.3) is 5.57 Å². The molecule has 31 heavy (non-hydrogen) atoms. The Morgan fingerprint density at radius 1 is 0.968 bits per heavy atom. The number of nitrogens with zero attached hydrogens (tertiary/aromatic N) is 2. The third-order valence-corrected chi connectivity index (χ3v) is 8.05. The molecule has 0 aromatic heterocycles. The van der Waals surface area contributed by atoms with Gasteiger partial charge in [-0.15, -0.1) is 0 Å². The highest BCUT2D eigenvalue weighted by atomic mass is 32.2. The minimum Gasteiger partial charge on any atom is -0.325 e. The van der Waals surface area contributed by atoms with Crippen LogP contribution in [0.5, 0.6) is 0 Å². The van der Waals surface area contributed by atoms with Gasteiger partial charge in [0, 0.05) is 31.9 Å². The molecule has 0 bridgehead atoms. The molecule has 1 N–H and O–H groups in total. The molecule has 164 valence electrons. The molecule has 2 aromatic carbocycles. The third kappa shape index (κ3) is 4.89. The quantitative estimate of drug-likeness (QED) is 0.747. The van der Waals surface area contributed by atoms with Crippen molar-refractivity contribution < 1.29 is 13.2 Å². The van der Waals surface area contributed by atoms with E-state index in [1.165, 1.54) is 15.4 Å². The molecule has 1 amide bonds. The van der Waals surface area contributed by atoms with Crippen LogP contribution in [-0.2, 0) is 14.8 Å². The van der Waals surface area contributed by atoms with Crippen molar-refractivity contribution in [1.82, 2.24) is 9.21 Å². The minimum atomic E-state index is -3.44. The smallest absolute Gasteiger partial charge is 0.243 e. The highest BCUT2D eigenvalue weighted by Crippen LogP contribution is 2.24. The van der Waals surface area contributed by atoms with Crippen molar-refractivity contribution in [1.29, 1.82) is 0 Å². The lowest BCUT2D eigenvalue weighted by Gasteiger charge is -2.31. The average Bonchev–Trinajstić information content (AvgIpc) is 3.36. The van der Waals surface area contributed by atoms with Crippen molar-refractivity contribution in [2.45, 2.75) is 37.1 Å². The van der Waals surface area contributed by atoms with Gasteiger partial charge in [-0.25, -0.2) is 8.42 Å². The minimum absolute atomic E-state index is 0.0910. The predicted octanol–water partition coefficient (Wildman–Crippen LogP) is 3.59. The van der Waals surface area contributed by atoms with Crippen LogP contribution in [0.3, 0.4) is 0 Å². The van der Waals surface area contributed by atoms with Gasteiger partial charge >= 0.3 is 0 Å². The van der Waals surface area contributed by atoms with Gasteiger partial charge in [0.05, 0.1) is 10.9 Å². The van der Waals surface area contributed by atoms with Crippen LogP contribution >= 0.6 is 0 Å². The molecule has 0 unspecified atom stereocenters. The molecule has 0 aliphatic carbocycles. The molecule has 2 aliphatic rings. The van der Waals surface area contributed by atoms with E-state index in [1.54, 1.807) is 24.3 Å². The number of hydrogen-bond donors (Lipinski definition) is 1. The van der Waals surface area contributed by atoms with Crippen molar-refractivity contribution in [3.8, 4) is 0 Å². The summed E-state index contributed by atoms with van der Waals surface area (Å²) in [6.07, 6.45) is 4.92. The SMILES string of the molecule is C[C@H](C(=O)Nc1ccc(S(=O)(=O)N2CCCC2)cc1)N1CC=C(c2ccccc2)CC1. The Labute approximate surface area is 184 Å². The highest BCUT2D eigenvalue weighted by Gasteiger charge is 2.27. The van der Waals surface area contributed by atoms with Gasteiger partial charge in [0.1, 0.15) is 0 Å². The summed E-state index contributed by atoms with van der Waals surface area (Å²) in [6.45, 7) is 4.61. The summed E-state index contributed by atoms with van der Waals surface area (Å²) >= 11 is 0. The maximum Gasteiger partial charge on any atom is 0.243 e. The monoisotopic (exact) mass is 439 g/mol. The van der Waals surface area contributed by atoms with E-state index in [-0.39, 0.29) is 16.8 Å². The lowest BCUT2D eigenvalue weighted by molar-refractivity contribution is -0.120. The number of carbonyl (C=O) groups excluding carboxylic acids is 1. The number of nitrogens with one attached hydrogen (secondary N) is 1. The molecule has 1 fully saturated rings. The Morgan fingerprint density at radius 2 is 1.65 bits per heavy atom. The summed E-state index contributed by atoms with van der Waals surface area (Å²) in [4.78, 5) is 15.2. The zero-order chi connectivity index (χ0) is 21.8. The third-order valence-electron chi connectivity index (χ3n) is 6.14. The molecule has 2 aliphatic heterocycles. The number of rotatable bonds is 6. The lowest BCUT2D eigenvalue weighted by atomic mass is 9.99. The summed E-state index contributed by atoms with van der Waals surface area (Å²) in [7, 11) is -3.44. The fraction of sp³-hybridized carbons (Fsp3) is 0.375. The van der Waals surface area contributed by atoms with E-state index in [0.29, 0.717) is 18.8 Å². The summed E-state index contributed by atoms with van der Waals surface area (Å²) in [5.74, 6) is -0.0910. The Bertz CT molecular complexity index is 1040. The van der Waals surface area contributed by atoms with Crippen molar-refractivity contribution in [2.75, 3.05) is 31.5 Å². The summed E-state index contributed by atoms with van der Waals surface area (Å²) in [5, 5.41) is 2.92. The zero-order valence-corrected chi connectivity index (χ0v) is 18.6. The van der Waals surface area contributed by atoms with Gasteiger partial charge < -0.3 is 5.32 Å². The average molecular weight is 440 g/mol. The molecular formula is C24H29N3O3S. The molecule has 2 aromatic rings. The fourth-order valence-corrected chi connectivity index (χ4v) is 5.67. The largest absolute Gasteiger partial charge is 0.325 e. The van der Waals surface area contributed by atoms with Crippen LogP contribution in [0.2, 0.25) is 0 Å². The molecule has 7 heteroatoms. The Morgan fingerprint density at radius 3 is 2.26 bits per heavy atom. The number of amides is 1. The van der Waals surface area contributed by atoms with Crippen molar-refractivity contribution >= 4 is 27.2 Å². The number of sulfonamides is 1. The van der Waals surface area contributed by atoms with Crippen LogP contribution in [0.4, 0.5) is 5.69 Å². The van der Waals surface area contributed by atoms with E-state index in [4.69, 9.17) is 0 Å². The molecule has 0 spiro atoms. The second kappa shape index (κ2) is 9.34. The summed E-state index contributed by atoms with van der Waals surface area (Å²) < 4.78 is 26.8. The van der Waals surface area contributed by atoms with Crippen molar-refractivity contribution in [2.24, 2.45) is 0 Å². The molecule has 6 nitrogen and oxygen atoms in total. The van der Waals surface area contributed by atoms with Crippen molar-refractivity contribution in [3.63, 3.8) is 0 Å². The van der Waals surface area contributed by atoms with E-state index in [0.717, 1.165) is 32.4 Å². The predicted molar refractivity (Wildman–Crippen MR) is 123 cm³/mol. The molecule has 0 radical (unpaired) electrons. The Kier molecular flexibility index (Phi) is 6.55. The Balaban J connectivity index is 1.35. The zero-order valence-electron chi connectivity index (χ0n) is 17.8. The van der Waals surface area contributed by atoms with Crippen molar-refractivity contribution in [3.05, 3.63) is 66.2 Å². The number of carbonyl (C=O) groups is 1. The summed E-state index contributed by atoms with van der Waals surface area (Å²) in [5.41, 5.74) is 3.16. The van der Waals surface area contributed by atoms with E-state index in [2.05, 4.69) is 28.4 Å². The molecule has 4 rings (SSSR count). The van der Waals surface area contributed by atoms with Gasteiger partial charge in [0.25, 0.3) is 0 Å². The van der Waals surface area contributed by atoms with E-state index < -0.39 is 10.0 Å². The normalized spacial score (nSPS) is 19.1. The first-order chi connectivity index (χ1) is 14.9. The number of hydrogen-bond acceptors (Lipinski definition) is 4. The molecule has 2 heterocycles. The van der Waals surface area contributed by atoms with Gasteiger partial charge in [-0.2, -0.15) is 4.31 Å². The topological polar surface area (TPSA) is 69.7 Å². The lowest BCUT2D eigenvalue weighted by Crippen LogP contribution is -2.44. The standard InChI is InChI=1S/C24H29N3O3S/c1-19(26-17-13-21(14-18-26)20-7-3-2-4-8-20)24(28)25-22-9-11-23(12-10-22)31(29,30)27-15-5-6-16-27/h2-4,7-13,19H,5-6,14-18H2,1H3,(H,25,28)/t19-/m1/s1. The van der Waals surface area contributed by atoms with Gasteiger partial charge in [-0.1, -0.05) is 36.4 Å². The van der Waals surface area contributed by atoms with Gasteiger partial charge in [0.15, 0.2) is 0 Å². The number of benzene rings is 2. The first-order valence-electron chi connectivity index (χ1n) is 10.8. The van der Waals surface area contributed by atoms with Crippen LogP contribution in [-0.4, -0.2) is 55.8 Å². The molecule has 1 saturated heterocycles. The van der Waals surface area contributed by atoms with Gasteiger partial charge in [0.2, 0.25) is 15.9 Å². The first kappa shape index (κ1) is 21.7. The Hall–Kier alpha value is -2.48. The fourth-order valence-electron chi connectivity index (χ4n) is 4.15. The van der Waals surface area contributed by atoms with Crippen LogP contribution < -0.4 is 5.32 Å². The second-order valence-electron chi connectivity index (χ2n) is 8.14. The first-order valence-corrected chi connectivity index (χ1v) is 12.3. The summed E-state index contributed by atoms with van der Waals surface area (Å²) in [6, 6.07) is 16.5. The van der Waals surface area contributed by atoms with E-state index in [1.807, 2.05) is 25.1 Å². The van der Waals surface area contributed by atoms with Gasteiger partial charge in [-0.05, 0) is 61.6 Å². The van der Waals surface area contributed by atoms with Crippen LogP contribution in [0.1, 0.15) is 31.7 Å². The van der Waals surface area contributed by atoms with Gasteiger partial charge in [-0.3, -0.25) is 9.69 Å². The second-order valence-corrected chi connectivity index (χ2v) is 10.1. The van der Waals surface area contributed by atoms with Crippen LogP contribution in [0, 0.1) is 0 Å². The van der Waals surface area contributed by atoms with Crippen LogP contribution in [0.15, 0.2) is 65.6 Å². The highest BCUT2D eigenvalue weighted by molar-refractivity contribution is 7.89. The molecule has 0 saturated carbocycles.